The van der Waals surface area contributed by atoms with Gasteiger partial charge in [0.1, 0.15) is 18.0 Å². The lowest BCUT2D eigenvalue weighted by Crippen LogP contribution is -2.79. The highest BCUT2D eigenvalue weighted by Gasteiger charge is 2.54. The van der Waals surface area contributed by atoms with Crippen molar-refractivity contribution in [1.29, 1.82) is 0 Å². The van der Waals surface area contributed by atoms with Crippen LogP contribution in [0.3, 0.4) is 0 Å². The van der Waals surface area contributed by atoms with Gasteiger partial charge in [-0.2, -0.15) is 0 Å². The van der Waals surface area contributed by atoms with Crippen LogP contribution in [0.25, 0.3) is 10.8 Å². The molecule has 2 heterocycles. The Kier molecular flexibility index (Phi) is 9.84. The van der Waals surface area contributed by atoms with Crippen LogP contribution in [0.1, 0.15) is 23.6 Å². The maximum atomic E-state index is 14.6. The van der Waals surface area contributed by atoms with Crippen LogP contribution in [0.4, 0.5) is 4.79 Å². The van der Waals surface area contributed by atoms with E-state index in [4.69, 9.17) is 4.52 Å². The van der Waals surface area contributed by atoms with Crippen molar-refractivity contribution in [3.8, 4) is 5.75 Å². The third-order valence-electron chi connectivity index (χ3n) is 8.90. The van der Waals surface area contributed by atoms with Gasteiger partial charge >= 0.3 is 13.9 Å². The number of rotatable bonds is 10. The lowest BCUT2D eigenvalue weighted by molar-refractivity contribution is -0.198. The van der Waals surface area contributed by atoms with Gasteiger partial charge < -0.3 is 19.6 Å². The minimum Gasteiger partial charge on any atom is -0.404 e. The molecule has 2 aliphatic rings. The molecule has 4 amide bonds. The second kappa shape index (κ2) is 14.2. The number of amides is 4. The number of carbonyl (C=O) groups is 3. The van der Waals surface area contributed by atoms with Crippen LogP contribution in [0.2, 0.25) is 0 Å². The van der Waals surface area contributed by atoms with Gasteiger partial charge in [0.15, 0.2) is 0 Å². The molecular formula is C36H38N5O7P. The average Bonchev–Trinajstić information content (AvgIpc) is 3.08. The number of phosphoric acid groups is 1. The van der Waals surface area contributed by atoms with Crippen molar-refractivity contribution in [2.45, 2.75) is 44.7 Å². The van der Waals surface area contributed by atoms with E-state index in [1.54, 1.807) is 33.1 Å². The summed E-state index contributed by atoms with van der Waals surface area (Å²) in [7, 11) is -4.76. The van der Waals surface area contributed by atoms with E-state index in [9.17, 15) is 28.7 Å². The maximum Gasteiger partial charge on any atom is 0.524 e. The molecule has 0 unspecified atom stereocenters. The van der Waals surface area contributed by atoms with Gasteiger partial charge in [-0.15, -0.1) is 6.58 Å². The molecule has 254 valence electrons. The zero-order chi connectivity index (χ0) is 34.7. The van der Waals surface area contributed by atoms with Gasteiger partial charge in [-0.25, -0.2) is 19.4 Å². The smallest absolute Gasteiger partial charge is 0.404 e. The summed E-state index contributed by atoms with van der Waals surface area (Å²) in [4.78, 5) is 64.4. The van der Waals surface area contributed by atoms with Crippen molar-refractivity contribution in [2.75, 3.05) is 13.1 Å². The molecule has 0 aromatic heterocycles. The minimum atomic E-state index is -4.76. The topological polar surface area (TPSA) is 143 Å². The number of hydrogen-bond donors (Lipinski definition) is 3. The van der Waals surface area contributed by atoms with Crippen molar-refractivity contribution in [3.63, 3.8) is 0 Å². The Morgan fingerprint density at radius 1 is 0.959 bits per heavy atom. The number of piperazine rings is 1. The Morgan fingerprint density at radius 3 is 2.37 bits per heavy atom. The number of carbonyl (C=O) groups excluding carboxylic acids is 3. The lowest BCUT2D eigenvalue weighted by atomic mass is 9.94. The molecule has 0 bridgehead atoms. The van der Waals surface area contributed by atoms with E-state index in [0.29, 0.717) is 5.56 Å². The normalized spacial score (nSPS) is 19.9. The second-order valence-corrected chi connectivity index (χ2v) is 13.3. The van der Waals surface area contributed by atoms with Crippen LogP contribution in [-0.4, -0.2) is 78.8 Å². The molecule has 0 radical (unpaired) electrons. The summed E-state index contributed by atoms with van der Waals surface area (Å²) in [5, 5.41) is 8.23. The lowest BCUT2D eigenvalue weighted by Gasteiger charge is -2.57. The van der Waals surface area contributed by atoms with Gasteiger partial charge in [0.05, 0.1) is 12.6 Å². The van der Waals surface area contributed by atoms with Gasteiger partial charge in [0, 0.05) is 26.1 Å². The summed E-state index contributed by atoms with van der Waals surface area (Å²) in [6, 6.07) is 27.4. The molecule has 6 rings (SSSR count). The Hall–Kier alpha value is -5.00. The van der Waals surface area contributed by atoms with E-state index in [0.717, 1.165) is 21.9 Å². The van der Waals surface area contributed by atoms with Crippen molar-refractivity contribution in [3.05, 3.63) is 126 Å². The van der Waals surface area contributed by atoms with Crippen LogP contribution < -0.4 is 9.84 Å². The highest BCUT2D eigenvalue weighted by molar-refractivity contribution is 7.46. The number of hydrazine groups is 1. The van der Waals surface area contributed by atoms with Crippen molar-refractivity contribution in [2.24, 2.45) is 0 Å². The molecule has 0 saturated carbocycles. The van der Waals surface area contributed by atoms with Gasteiger partial charge in [0.2, 0.25) is 11.8 Å². The van der Waals surface area contributed by atoms with Gasteiger partial charge in [-0.3, -0.25) is 19.4 Å². The molecule has 12 nitrogen and oxygen atoms in total. The highest BCUT2D eigenvalue weighted by atomic mass is 31.2. The van der Waals surface area contributed by atoms with Crippen molar-refractivity contribution < 1.29 is 33.3 Å². The van der Waals surface area contributed by atoms with Crippen molar-refractivity contribution >= 4 is 36.4 Å². The number of nitrogens with one attached hydrogen (secondary N) is 1. The van der Waals surface area contributed by atoms with Gasteiger partial charge in [0.25, 0.3) is 0 Å². The summed E-state index contributed by atoms with van der Waals surface area (Å²) in [6.07, 6.45) is 0.870. The average molecular weight is 684 g/mol. The largest absolute Gasteiger partial charge is 0.524 e. The van der Waals surface area contributed by atoms with Gasteiger partial charge in [-0.1, -0.05) is 91.0 Å². The number of nitrogens with zero attached hydrogens (tertiary/aromatic N) is 4. The molecule has 13 heteroatoms. The van der Waals surface area contributed by atoms with E-state index in [1.807, 2.05) is 79.7 Å². The Labute approximate surface area is 284 Å². The number of benzene rings is 4. The molecule has 3 N–H and O–H groups in total. The zero-order valence-corrected chi connectivity index (χ0v) is 27.9. The quantitative estimate of drug-likeness (QED) is 0.165. The third kappa shape index (κ3) is 7.38. The molecule has 0 spiro atoms. The summed E-state index contributed by atoms with van der Waals surface area (Å²) in [5.41, 5.74) is 2.47. The maximum absolute atomic E-state index is 14.6. The van der Waals surface area contributed by atoms with Gasteiger partial charge in [-0.05, 0) is 46.5 Å². The number of hydrogen-bond acceptors (Lipinski definition) is 6. The SMILES string of the molecule is C=CCN1CC(=O)N2[C@@H](Cc3ccc(OP(=O)(O)O)cc3)C(=O)N(Cc3cccc4ccccc34)[C@@H](C)[C@@H]2N1C(=O)NCc1ccccc1. The van der Waals surface area contributed by atoms with Crippen LogP contribution in [0.15, 0.2) is 110 Å². The van der Waals surface area contributed by atoms with Crippen LogP contribution in [0.5, 0.6) is 5.75 Å². The van der Waals surface area contributed by atoms with E-state index >= 15 is 0 Å². The molecule has 2 saturated heterocycles. The van der Waals surface area contributed by atoms with Crippen molar-refractivity contribution in [1.82, 2.24) is 25.1 Å². The standard InChI is InChI=1S/C36H38N5O7P/c1-3-20-38-24-33(42)40-32(21-26-16-18-30(19-17-26)48-49(45,46)47)35(43)39(23-29-14-9-13-28-12-7-8-15-31(28)29)25(2)34(40)41(38)36(44)37-22-27-10-5-4-6-11-27/h3-19,25,32,34H,1,20-24H2,2H3,(H,37,44)(H2,45,46,47)/t25-,32-,34-/m0/s1. The molecule has 2 fully saturated rings. The summed E-state index contributed by atoms with van der Waals surface area (Å²) >= 11 is 0. The number of fused-ring (bicyclic) bond motifs is 2. The summed E-state index contributed by atoms with van der Waals surface area (Å²) in [5.74, 6) is -0.621. The third-order valence-corrected chi connectivity index (χ3v) is 9.35. The minimum absolute atomic E-state index is 0.0356. The van der Waals surface area contributed by atoms with Crippen LogP contribution in [-0.2, 0) is 33.7 Å². The number of phosphoric ester groups is 1. The summed E-state index contributed by atoms with van der Waals surface area (Å²) in [6.45, 7) is 6.30. The second-order valence-electron chi connectivity index (χ2n) is 12.1. The molecule has 49 heavy (non-hydrogen) atoms. The zero-order valence-electron chi connectivity index (χ0n) is 27.0. The fourth-order valence-corrected chi connectivity index (χ4v) is 7.08. The molecule has 0 aliphatic carbocycles. The first-order valence-electron chi connectivity index (χ1n) is 15.9. The fraction of sp³-hybridized carbons (Fsp3) is 0.250. The van der Waals surface area contributed by atoms with Crippen LogP contribution in [0, 0.1) is 0 Å². The molecule has 4 aromatic carbocycles. The van der Waals surface area contributed by atoms with E-state index in [2.05, 4.69) is 11.9 Å². The number of urea groups is 1. The first-order chi connectivity index (χ1) is 23.5. The first kappa shape index (κ1) is 33.9. The first-order valence-corrected chi connectivity index (χ1v) is 17.5. The predicted octanol–water partition coefficient (Wildman–Crippen LogP) is 4.44. The molecule has 2 aliphatic heterocycles. The molecular weight excluding hydrogens is 645 g/mol. The Morgan fingerprint density at radius 2 is 1.65 bits per heavy atom. The molecule has 3 atom stereocenters. The van der Waals surface area contributed by atoms with E-state index in [-0.39, 0.29) is 50.2 Å². The predicted molar refractivity (Wildman–Crippen MR) is 183 cm³/mol. The van der Waals surface area contributed by atoms with E-state index in [1.165, 1.54) is 17.0 Å². The van der Waals surface area contributed by atoms with Crippen LogP contribution >= 0.6 is 7.82 Å². The fourth-order valence-electron chi connectivity index (χ4n) is 6.69. The monoisotopic (exact) mass is 683 g/mol. The Bertz CT molecular complexity index is 1900. The highest BCUT2D eigenvalue weighted by Crippen LogP contribution is 2.38. The summed E-state index contributed by atoms with van der Waals surface area (Å²) < 4.78 is 16.0. The molecule has 4 aromatic rings. The van der Waals surface area contributed by atoms with E-state index < -0.39 is 32.1 Å². The Balaban J connectivity index is 1.39.